The number of nitrogens with one attached hydrogen (secondary N) is 2. The van der Waals surface area contributed by atoms with Gasteiger partial charge in [-0.1, -0.05) is 13.8 Å². The van der Waals surface area contributed by atoms with Gasteiger partial charge in [-0.15, -0.1) is 11.3 Å². The van der Waals surface area contributed by atoms with Crippen LogP contribution in [0.1, 0.15) is 24.3 Å². The van der Waals surface area contributed by atoms with Gasteiger partial charge in [-0.25, -0.2) is 0 Å². The van der Waals surface area contributed by atoms with E-state index >= 15 is 0 Å². The number of amides is 2. The summed E-state index contributed by atoms with van der Waals surface area (Å²) in [5.74, 6) is -0.452. The summed E-state index contributed by atoms with van der Waals surface area (Å²) < 4.78 is 0. The summed E-state index contributed by atoms with van der Waals surface area (Å²) >= 11 is 1.60. The fraction of sp³-hybridized carbons (Fsp3) is 0.538. The first-order valence-corrected chi connectivity index (χ1v) is 7.12. The molecule has 0 aliphatic heterocycles. The molecule has 4 N–H and O–H groups in total. The van der Waals surface area contributed by atoms with Gasteiger partial charge >= 0.3 is 0 Å². The number of carbonyl (C=O) groups excluding carboxylic acids is 2. The van der Waals surface area contributed by atoms with Crippen LogP contribution in [0.2, 0.25) is 0 Å². The zero-order valence-corrected chi connectivity index (χ0v) is 12.3. The van der Waals surface area contributed by atoms with Crippen molar-refractivity contribution >= 4 is 23.2 Å². The second kappa shape index (κ2) is 7.25. The second-order valence-corrected chi connectivity index (χ2v) is 5.79. The lowest BCUT2D eigenvalue weighted by atomic mass is 10.1. The largest absolute Gasteiger partial charge is 0.350 e. The Bertz CT molecular complexity index is 443. The van der Waals surface area contributed by atoms with Crippen molar-refractivity contribution in [2.75, 3.05) is 6.54 Å². The van der Waals surface area contributed by atoms with E-state index in [2.05, 4.69) is 10.6 Å². The molecule has 0 aromatic carbocycles. The molecule has 106 valence electrons. The molecule has 1 heterocycles. The first kappa shape index (κ1) is 15.7. The van der Waals surface area contributed by atoms with Crippen LogP contribution in [-0.2, 0) is 16.1 Å². The Hall–Kier alpha value is -1.40. The van der Waals surface area contributed by atoms with Gasteiger partial charge in [-0.3, -0.25) is 9.59 Å². The third-order valence-electron chi connectivity index (χ3n) is 2.86. The highest BCUT2D eigenvalue weighted by Crippen LogP contribution is 2.14. The molecule has 0 radical (unpaired) electrons. The van der Waals surface area contributed by atoms with Crippen molar-refractivity contribution in [1.29, 1.82) is 0 Å². The number of hydrogen-bond acceptors (Lipinski definition) is 4. The first-order chi connectivity index (χ1) is 8.91. The fourth-order valence-corrected chi connectivity index (χ4v) is 2.26. The van der Waals surface area contributed by atoms with Crippen LogP contribution in [0.25, 0.3) is 0 Å². The van der Waals surface area contributed by atoms with E-state index in [1.807, 2.05) is 32.2 Å². The molecular formula is C13H21N3O2S. The van der Waals surface area contributed by atoms with Crippen molar-refractivity contribution in [1.82, 2.24) is 10.6 Å². The van der Waals surface area contributed by atoms with Gasteiger partial charge in [0.15, 0.2) is 0 Å². The minimum absolute atomic E-state index is 0.0380. The summed E-state index contributed by atoms with van der Waals surface area (Å²) in [6.07, 6.45) is 0. The van der Waals surface area contributed by atoms with Crippen LogP contribution in [0.4, 0.5) is 0 Å². The molecule has 0 aliphatic carbocycles. The Kier molecular flexibility index (Phi) is 5.98. The molecular weight excluding hydrogens is 262 g/mol. The Morgan fingerprint density at radius 2 is 2.05 bits per heavy atom. The molecule has 1 atom stereocenters. The summed E-state index contributed by atoms with van der Waals surface area (Å²) in [4.78, 5) is 24.3. The molecule has 0 aliphatic rings. The van der Waals surface area contributed by atoms with E-state index in [4.69, 9.17) is 5.73 Å². The predicted octanol–water partition coefficient (Wildman–Crippen LogP) is 0.772. The standard InChI is InChI=1S/C13H21N3O2S/c1-8(2)12(14)13(18)16-7-11(17)15-6-10-9(3)4-5-19-10/h4-5,8,12H,6-7,14H2,1-3H3,(H,15,17)(H,16,18)/t12-/m0/s1. The van der Waals surface area contributed by atoms with E-state index in [1.165, 1.54) is 0 Å². The van der Waals surface area contributed by atoms with Crippen molar-refractivity contribution in [3.8, 4) is 0 Å². The molecule has 1 aromatic rings. The minimum Gasteiger partial charge on any atom is -0.350 e. The molecule has 2 amide bonds. The summed E-state index contributed by atoms with van der Waals surface area (Å²) in [5, 5.41) is 7.29. The van der Waals surface area contributed by atoms with Gasteiger partial charge in [0.1, 0.15) is 0 Å². The van der Waals surface area contributed by atoms with Crippen LogP contribution < -0.4 is 16.4 Å². The quantitative estimate of drug-likeness (QED) is 0.721. The third kappa shape index (κ3) is 5.00. The van der Waals surface area contributed by atoms with Crippen molar-refractivity contribution in [3.63, 3.8) is 0 Å². The maximum absolute atomic E-state index is 11.6. The highest BCUT2D eigenvalue weighted by molar-refractivity contribution is 7.10. The number of rotatable bonds is 6. The van der Waals surface area contributed by atoms with E-state index in [0.717, 1.165) is 10.4 Å². The number of aryl methyl sites for hydroxylation is 1. The maximum atomic E-state index is 11.6. The molecule has 6 heteroatoms. The van der Waals surface area contributed by atoms with Crippen LogP contribution in [0.3, 0.4) is 0 Å². The molecule has 5 nitrogen and oxygen atoms in total. The SMILES string of the molecule is Cc1ccsc1CNC(=O)CNC(=O)[C@@H](N)C(C)C. The average Bonchev–Trinajstić information content (AvgIpc) is 2.77. The summed E-state index contributed by atoms with van der Waals surface area (Å²) in [6.45, 7) is 6.19. The lowest BCUT2D eigenvalue weighted by Gasteiger charge is -2.15. The number of thiophene rings is 1. The van der Waals surface area contributed by atoms with Gasteiger partial charge in [-0.2, -0.15) is 0 Å². The smallest absolute Gasteiger partial charge is 0.239 e. The summed E-state index contributed by atoms with van der Waals surface area (Å²) in [5.41, 5.74) is 6.84. The van der Waals surface area contributed by atoms with E-state index in [9.17, 15) is 9.59 Å². The van der Waals surface area contributed by atoms with Gasteiger partial charge in [-0.05, 0) is 29.9 Å². The zero-order chi connectivity index (χ0) is 14.4. The normalized spacial score (nSPS) is 12.3. The van der Waals surface area contributed by atoms with Gasteiger partial charge in [0.05, 0.1) is 19.1 Å². The van der Waals surface area contributed by atoms with Crippen molar-refractivity contribution in [2.24, 2.45) is 11.7 Å². The van der Waals surface area contributed by atoms with E-state index < -0.39 is 6.04 Å². The van der Waals surface area contributed by atoms with Gasteiger partial charge in [0, 0.05) is 4.88 Å². The van der Waals surface area contributed by atoms with Crippen LogP contribution in [0.5, 0.6) is 0 Å². The Morgan fingerprint density at radius 3 is 2.58 bits per heavy atom. The van der Waals surface area contributed by atoms with Crippen LogP contribution in [0, 0.1) is 12.8 Å². The number of carbonyl (C=O) groups is 2. The molecule has 0 saturated heterocycles. The van der Waals surface area contributed by atoms with E-state index in [1.54, 1.807) is 11.3 Å². The van der Waals surface area contributed by atoms with Crippen LogP contribution in [0.15, 0.2) is 11.4 Å². The fourth-order valence-electron chi connectivity index (χ4n) is 1.41. The van der Waals surface area contributed by atoms with Gasteiger partial charge in [0.25, 0.3) is 0 Å². The molecule has 0 unspecified atom stereocenters. The molecule has 0 spiro atoms. The molecule has 19 heavy (non-hydrogen) atoms. The van der Waals surface area contributed by atoms with Crippen LogP contribution >= 0.6 is 11.3 Å². The second-order valence-electron chi connectivity index (χ2n) is 4.79. The monoisotopic (exact) mass is 283 g/mol. The summed E-state index contributed by atoms with van der Waals surface area (Å²) in [6, 6.07) is 1.43. The average molecular weight is 283 g/mol. The number of hydrogen-bond donors (Lipinski definition) is 3. The Labute approximate surface area is 117 Å². The number of nitrogens with two attached hydrogens (primary N) is 1. The molecule has 0 fully saturated rings. The molecule has 0 saturated carbocycles. The minimum atomic E-state index is -0.577. The van der Waals surface area contributed by atoms with E-state index in [-0.39, 0.29) is 24.3 Å². The lowest BCUT2D eigenvalue weighted by molar-refractivity contribution is -0.127. The van der Waals surface area contributed by atoms with Crippen LogP contribution in [-0.4, -0.2) is 24.4 Å². The van der Waals surface area contributed by atoms with Crippen molar-refractivity contribution in [2.45, 2.75) is 33.4 Å². The highest BCUT2D eigenvalue weighted by atomic mass is 32.1. The summed E-state index contributed by atoms with van der Waals surface area (Å²) in [7, 11) is 0. The predicted molar refractivity (Wildman–Crippen MR) is 76.7 cm³/mol. The molecule has 1 rings (SSSR count). The highest BCUT2D eigenvalue weighted by Gasteiger charge is 2.17. The maximum Gasteiger partial charge on any atom is 0.239 e. The molecule has 0 bridgehead atoms. The third-order valence-corrected chi connectivity index (χ3v) is 3.88. The lowest BCUT2D eigenvalue weighted by Crippen LogP contribution is -2.47. The van der Waals surface area contributed by atoms with Crippen molar-refractivity contribution in [3.05, 3.63) is 21.9 Å². The van der Waals surface area contributed by atoms with Crippen molar-refractivity contribution < 1.29 is 9.59 Å². The Morgan fingerprint density at radius 1 is 1.37 bits per heavy atom. The zero-order valence-electron chi connectivity index (χ0n) is 11.5. The van der Waals surface area contributed by atoms with Gasteiger partial charge < -0.3 is 16.4 Å². The van der Waals surface area contributed by atoms with E-state index in [0.29, 0.717) is 6.54 Å². The first-order valence-electron chi connectivity index (χ1n) is 6.24. The Balaban J connectivity index is 2.29. The molecule has 1 aromatic heterocycles. The topological polar surface area (TPSA) is 84.2 Å². The van der Waals surface area contributed by atoms with Gasteiger partial charge in [0.2, 0.25) is 11.8 Å².